The van der Waals surface area contributed by atoms with Gasteiger partial charge in [-0.1, -0.05) is 19.3 Å². The van der Waals surface area contributed by atoms with Crippen molar-refractivity contribution in [3.8, 4) is 0 Å². The van der Waals surface area contributed by atoms with Gasteiger partial charge in [0, 0.05) is 38.7 Å². The summed E-state index contributed by atoms with van der Waals surface area (Å²) in [5.41, 5.74) is 0. The van der Waals surface area contributed by atoms with Gasteiger partial charge < -0.3 is 10.1 Å². The van der Waals surface area contributed by atoms with Gasteiger partial charge in [-0.05, 0) is 36.5 Å². The summed E-state index contributed by atoms with van der Waals surface area (Å²) in [5, 5.41) is 2.92. The predicted molar refractivity (Wildman–Crippen MR) is 89.1 cm³/mol. The normalized spacial score (nSPS) is 11.5. The minimum Gasteiger partial charge on any atom is -0.385 e. The van der Waals surface area contributed by atoms with Crippen LogP contribution in [0.15, 0.2) is 0 Å². The lowest BCUT2D eigenvalue weighted by molar-refractivity contribution is -0.121. The molecule has 0 aliphatic rings. The molecule has 1 N–H and O–H groups in total. The van der Waals surface area contributed by atoms with Crippen LogP contribution in [0.5, 0.6) is 0 Å². The third kappa shape index (κ3) is 17.7. The minimum atomic E-state index is -2.92. The Labute approximate surface area is 132 Å². The van der Waals surface area contributed by atoms with E-state index in [0.29, 0.717) is 12.2 Å². The molecule has 0 aliphatic heterocycles. The summed E-state index contributed by atoms with van der Waals surface area (Å²) in [7, 11) is -0.233. The summed E-state index contributed by atoms with van der Waals surface area (Å²) >= 11 is 0. The van der Waals surface area contributed by atoms with Crippen molar-refractivity contribution in [2.24, 2.45) is 0 Å². The first-order valence-electron chi connectivity index (χ1n) is 7.56. The van der Waals surface area contributed by atoms with Crippen molar-refractivity contribution < 1.29 is 17.9 Å². The van der Waals surface area contributed by atoms with Crippen molar-refractivity contribution in [3.63, 3.8) is 0 Å². The van der Waals surface area contributed by atoms with Gasteiger partial charge in [0.2, 0.25) is 5.91 Å². The minimum absolute atomic E-state index is 0.0997. The van der Waals surface area contributed by atoms with Gasteiger partial charge in [-0.3, -0.25) is 4.79 Å². The Bertz CT molecular complexity index is 358. The maximum absolute atomic E-state index is 11.5. The maximum atomic E-state index is 11.5. The lowest BCUT2D eigenvalue weighted by atomic mass is 10.2. The molecule has 5 nitrogen and oxygen atoms in total. The highest BCUT2D eigenvalue weighted by molar-refractivity contribution is 8.71. The lowest BCUT2D eigenvalue weighted by Crippen LogP contribution is -2.23. The van der Waals surface area contributed by atoms with Crippen LogP contribution in [0.1, 0.15) is 51.4 Å². The van der Waals surface area contributed by atoms with Crippen molar-refractivity contribution in [3.05, 3.63) is 0 Å². The number of methoxy groups -OCH3 is 1. The number of ether oxygens (including phenoxy) is 1. The fourth-order valence-corrected chi connectivity index (χ4v) is 3.70. The standard InChI is InChI=1S/C14H29NO4S2/c1-19-12-8-4-3-7-11-15-14(16)10-6-5-9-13-20-21(2,17)18/h3-13H2,1-2H3,(H,15,16). The Balaban J connectivity index is 3.27. The van der Waals surface area contributed by atoms with E-state index in [-0.39, 0.29) is 5.91 Å². The zero-order valence-electron chi connectivity index (χ0n) is 13.2. The summed E-state index contributed by atoms with van der Waals surface area (Å²) in [6, 6.07) is 0. The topological polar surface area (TPSA) is 72.5 Å². The Morgan fingerprint density at radius 2 is 1.71 bits per heavy atom. The summed E-state index contributed by atoms with van der Waals surface area (Å²) < 4.78 is 26.8. The second-order valence-electron chi connectivity index (χ2n) is 5.09. The lowest BCUT2D eigenvalue weighted by Gasteiger charge is -2.05. The molecule has 0 aromatic rings. The number of nitrogens with one attached hydrogen (secondary N) is 1. The monoisotopic (exact) mass is 339 g/mol. The molecular formula is C14H29NO4S2. The van der Waals surface area contributed by atoms with Gasteiger partial charge in [-0.15, -0.1) is 0 Å². The third-order valence-electron chi connectivity index (χ3n) is 2.94. The molecule has 0 radical (unpaired) electrons. The number of hydrogen-bond donors (Lipinski definition) is 1. The van der Waals surface area contributed by atoms with Crippen LogP contribution in [-0.4, -0.2) is 46.6 Å². The van der Waals surface area contributed by atoms with Crippen molar-refractivity contribution >= 4 is 25.6 Å². The fraction of sp³-hybridized carbons (Fsp3) is 0.929. The third-order valence-corrected chi connectivity index (χ3v) is 5.61. The molecule has 0 rings (SSSR count). The quantitative estimate of drug-likeness (QED) is 0.389. The molecule has 126 valence electrons. The van der Waals surface area contributed by atoms with E-state index in [2.05, 4.69) is 5.32 Å². The smallest absolute Gasteiger partial charge is 0.219 e. The average molecular weight is 340 g/mol. The Kier molecular flexibility index (Phi) is 13.2. The van der Waals surface area contributed by atoms with E-state index in [0.717, 1.165) is 68.9 Å². The Hall–Kier alpha value is -0.270. The summed E-state index contributed by atoms with van der Waals surface area (Å²) in [4.78, 5) is 11.5. The SMILES string of the molecule is COCCCCCCNC(=O)CCCCCSS(C)(=O)=O. The number of unbranched alkanes of at least 4 members (excludes halogenated alkanes) is 5. The van der Waals surface area contributed by atoms with Gasteiger partial charge in [-0.2, -0.15) is 0 Å². The van der Waals surface area contributed by atoms with Gasteiger partial charge in [-0.25, -0.2) is 8.42 Å². The first-order valence-corrected chi connectivity index (χ1v) is 10.9. The molecule has 0 saturated heterocycles. The van der Waals surface area contributed by atoms with Gasteiger partial charge in [0.05, 0.1) is 0 Å². The maximum Gasteiger partial charge on any atom is 0.219 e. The van der Waals surface area contributed by atoms with Crippen LogP contribution in [0.2, 0.25) is 0 Å². The van der Waals surface area contributed by atoms with Crippen LogP contribution in [0, 0.1) is 0 Å². The van der Waals surface area contributed by atoms with E-state index in [1.54, 1.807) is 7.11 Å². The van der Waals surface area contributed by atoms with Crippen LogP contribution in [0.25, 0.3) is 0 Å². The van der Waals surface area contributed by atoms with Gasteiger partial charge in [0.1, 0.15) is 0 Å². The summed E-state index contributed by atoms with van der Waals surface area (Å²) in [6.45, 7) is 1.56. The number of carbonyl (C=O) groups is 1. The Morgan fingerprint density at radius 3 is 2.38 bits per heavy atom. The first kappa shape index (κ1) is 20.7. The predicted octanol–water partition coefficient (Wildman–Crippen LogP) is 2.56. The van der Waals surface area contributed by atoms with Crippen molar-refractivity contribution in [2.45, 2.75) is 51.4 Å². The molecule has 0 aromatic heterocycles. The molecule has 0 bridgehead atoms. The molecule has 1 amide bonds. The van der Waals surface area contributed by atoms with E-state index in [9.17, 15) is 13.2 Å². The molecule has 0 spiro atoms. The van der Waals surface area contributed by atoms with Crippen LogP contribution in [-0.2, 0) is 18.4 Å². The number of hydrogen-bond acceptors (Lipinski definition) is 5. The molecule has 7 heteroatoms. The molecule has 0 fully saturated rings. The highest BCUT2D eigenvalue weighted by Crippen LogP contribution is 2.13. The number of rotatable bonds is 14. The molecule has 0 heterocycles. The zero-order valence-corrected chi connectivity index (χ0v) is 14.9. The van der Waals surface area contributed by atoms with E-state index in [4.69, 9.17) is 4.74 Å². The molecule has 0 unspecified atom stereocenters. The molecule has 0 saturated carbocycles. The number of amides is 1. The zero-order chi connectivity index (χ0) is 16.0. The second-order valence-corrected chi connectivity index (χ2v) is 9.67. The van der Waals surface area contributed by atoms with Gasteiger partial charge in [0.15, 0.2) is 8.87 Å². The van der Waals surface area contributed by atoms with Crippen molar-refractivity contribution in [1.29, 1.82) is 0 Å². The number of carbonyl (C=O) groups excluding carboxylic acids is 1. The van der Waals surface area contributed by atoms with Crippen molar-refractivity contribution in [1.82, 2.24) is 5.32 Å². The average Bonchev–Trinajstić information content (AvgIpc) is 2.40. The van der Waals surface area contributed by atoms with E-state index in [1.165, 1.54) is 6.26 Å². The van der Waals surface area contributed by atoms with Crippen LogP contribution >= 0.6 is 10.8 Å². The molecule has 21 heavy (non-hydrogen) atoms. The summed E-state index contributed by atoms with van der Waals surface area (Å²) in [5.74, 6) is 0.713. The highest BCUT2D eigenvalue weighted by atomic mass is 33.1. The first-order chi connectivity index (χ1) is 9.95. The Morgan fingerprint density at radius 1 is 1.05 bits per heavy atom. The van der Waals surface area contributed by atoms with Crippen LogP contribution in [0.4, 0.5) is 0 Å². The molecule has 0 aromatic carbocycles. The largest absolute Gasteiger partial charge is 0.385 e. The molecule has 0 aliphatic carbocycles. The fourth-order valence-electron chi connectivity index (χ4n) is 1.82. The second kappa shape index (κ2) is 13.4. The molecular weight excluding hydrogens is 310 g/mol. The van der Waals surface area contributed by atoms with E-state index < -0.39 is 8.87 Å². The van der Waals surface area contributed by atoms with E-state index >= 15 is 0 Å². The van der Waals surface area contributed by atoms with Crippen LogP contribution in [0.3, 0.4) is 0 Å². The van der Waals surface area contributed by atoms with E-state index in [1.807, 2.05) is 0 Å². The van der Waals surface area contributed by atoms with Crippen molar-refractivity contribution in [2.75, 3.05) is 32.3 Å². The van der Waals surface area contributed by atoms with Gasteiger partial charge in [0.25, 0.3) is 0 Å². The highest BCUT2D eigenvalue weighted by Gasteiger charge is 2.03. The molecule has 0 atom stereocenters. The van der Waals surface area contributed by atoms with Crippen LogP contribution < -0.4 is 5.32 Å². The van der Waals surface area contributed by atoms with Gasteiger partial charge >= 0.3 is 0 Å². The summed E-state index contributed by atoms with van der Waals surface area (Å²) in [6.07, 6.45) is 8.67.